The van der Waals surface area contributed by atoms with Crippen molar-refractivity contribution in [3.63, 3.8) is 0 Å². The summed E-state index contributed by atoms with van der Waals surface area (Å²) in [6.45, 7) is 2.43. The normalized spacial score (nSPS) is 13.6. The van der Waals surface area contributed by atoms with Crippen molar-refractivity contribution in [2.45, 2.75) is 32.6 Å². The van der Waals surface area contributed by atoms with E-state index in [0.29, 0.717) is 5.92 Å². The topological polar surface area (TPSA) is 60.7 Å². The third-order valence-electron chi connectivity index (χ3n) is 2.39. The molecule has 0 aliphatic rings. The summed E-state index contributed by atoms with van der Waals surface area (Å²) < 4.78 is 0. The average Bonchev–Trinajstić information content (AvgIpc) is 2.18. The standard InChI is InChI=1S/C10H22O3/c1-9(6-11)4-2-3-5-10(7-12)8-13/h9-13H,2-8H2,1H3. The predicted molar refractivity (Wildman–Crippen MR) is 52.4 cm³/mol. The van der Waals surface area contributed by atoms with Crippen LogP contribution in [0.5, 0.6) is 0 Å². The molecule has 0 saturated carbocycles. The van der Waals surface area contributed by atoms with Gasteiger partial charge in [-0.25, -0.2) is 0 Å². The van der Waals surface area contributed by atoms with E-state index < -0.39 is 0 Å². The van der Waals surface area contributed by atoms with Crippen LogP contribution in [0.4, 0.5) is 0 Å². The van der Waals surface area contributed by atoms with E-state index in [-0.39, 0.29) is 25.7 Å². The van der Waals surface area contributed by atoms with Crippen LogP contribution in [0.15, 0.2) is 0 Å². The molecule has 0 spiro atoms. The Morgan fingerprint density at radius 3 is 1.85 bits per heavy atom. The smallest absolute Gasteiger partial charge is 0.0481 e. The van der Waals surface area contributed by atoms with E-state index in [1.165, 1.54) is 0 Å². The lowest BCUT2D eigenvalue weighted by atomic mass is 9.99. The van der Waals surface area contributed by atoms with Gasteiger partial charge in [-0.2, -0.15) is 0 Å². The van der Waals surface area contributed by atoms with Crippen molar-refractivity contribution in [3.8, 4) is 0 Å². The van der Waals surface area contributed by atoms with Crippen molar-refractivity contribution in [2.75, 3.05) is 19.8 Å². The lowest BCUT2D eigenvalue weighted by Gasteiger charge is -2.11. The van der Waals surface area contributed by atoms with Gasteiger partial charge in [-0.15, -0.1) is 0 Å². The Hall–Kier alpha value is -0.120. The summed E-state index contributed by atoms with van der Waals surface area (Å²) in [5.41, 5.74) is 0. The molecule has 3 heteroatoms. The molecule has 0 saturated heterocycles. The van der Waals surface area contributed by atoms with E-state index in [1.807, 2.05) is 6.92 Å². The second-order valence-electron chi connectivity index (χ2n) is 3.80. The Kier molecular flexibility index (Phi) is 8.40. The van der Waals surface area contributed by atoms with Gasteiger partial charge in [0.25, 0.3) is 0 Å². The van der Waals surface area contributed by atoms with Crippen molar-refractivity contribution >= 4 is 0 Å². The van der Waals surface area contributed by atoms with Crippen LogP contribution >= 0.6 is 0 Å². The summed E-state index contributed by atoms with van der Waals surface area (Å²) in [6.07, 6.45) is 4.00. The molecule has 0 bridgehead atoms. The summed E-state index contributed by atoms with van der Waals surface area (Å²) in [7, 11) is 0. The quantitative estimate of drug-likeness (QED) is 0.496. The lowest BCUT2D eigenvalue weighted by molar-refractivity contribution is 0.140. The monoisotopic (exact) mass is 190 g/mol. The molecule has 80 valence electrons. The zero-order valence-corrected chi connectivity index (χ0v) is 8.45. The van der Waals surface area contributed by atoms with Gasteiger partial charge in [-0.3, -0.25) is 0 Å². The van der Waals surface area contributed by atoms with Gasteiger partial charge in [-0.05, 0) is 18.8 Å². The predicted octanol–water partition coefficient (Wildman–Crippen LogP) is 0.776. The number of aliphatic hydroxyl groups is 3. The molecule has 0 heterocycles. The minimum atomic E-state index is 0.0458. The Balaban J connectivity index is 3.23. The van der Waals surface area contributed by atoms with Crippen LogP contribution in [0.25, 0.3) is 0 Å². The van der Waals surface area contributed by atoms with Crippen molar-refractivity contribution in [1.29, 1.82) is 0 Å². The first-order valence-electron chi connectivity index (χ1n) is 5.07. The number of hydrogen-bond acceptors (Lipinski definition) is 3. The summed E-state index contributed by atoms with van der Waals surface area (Å²) in [4.78, 5) is 0. The van der Waals surface area contributed by atoms with Crippen molar-refractivity contribution in [2.24, 2.45) is 11.8 Å². The largest absolute Gasteiger partial charge is 0.396 e. The first-order chi connectivity index (χ1) is 6.24. The minimum absolute atomic E-state index is 0.0458. The van der Waals surface area contributed by atoms with Gasteiger partial charge in [0.2, 0.25) is 0 Å². The molecule has 0 aliphatic heterocycles. The zero-order valence-electron chi connectivity index (χ0n) is 8.45. The maximum Gasteiger partial charge on any atom is 0.0481 e. The Labute approximate surface area is 80.4 Å². The lowest BCUT2D eigenvalue weighted by Crippen LogP contribution is -2.10. The van der Waals surface area contributed by atoms with Gasteiger partial charge < -0.3 is 15.3 Å². The van der Waals surface area contributed by atoms with Gasteiger partial charge in [0.1, 0.15) is 0 Å². The zero-order chi connectivity index (χ0) is 10.1. The van der Waals surface area contributed by atoms with Crippen LogP contribution in [0.2, 0.25) is 0 Å². The fraction of sp³-hybridized carbons (Fsp3) is 1.00. The summed E-state index contributed by atoms with van der Waals surface area (Å²) in [5.74, 6) is 0.422. The Morgan fingerprint density at radius 1 is 0.846 bits per heavy atom. The van der Waals surface area contributed by atoms with Gasteiger partial charge in [0.15, 0.2) is 0 Å². The van der Waals surface area contributed by atoms with Crippen molar-refractivity contribution < 1.29 is 15.3 Å². The molecule has 13 heavy (non-hydrogen) atoms. The average molecular weight is 190 g/mol. The molecular weight excluding hydrogens is 168 g/mol. The van der Waals surface area contributed by atoms with Crippen LogP contribution < -0.4 is 0 Å². The molecule has 0 aromatic rings. The second kappa shape index (κ2) is 8.48. The summed E-state index contributed by atoms with van der Waals surface area (Å²) in [6, 6.07) is 0. The third kappa shape index (κ3) is 6.99. The number of hydrogen-bond donors (Lipinski definition) is 3. The van der Waals surface area contributed by atoms with Crippen molar-refractivity contribution in [1.82, 2.24) is 0 Å². The van der Waals surface area contributed by atoms with Gasteiger partial charge in [0.05, 0.1) is 0 Å². The molecule has 0 radical (unpaired) electrons. The number of rotatable bonds is 8. The van der Waals surface area contributed by atoms with E-state index in [1.54, 1.807) is 0 Å². The maximum absolute atomic E-state index is 8.78. The molecule has 0 amide bonds. The van der Waals surface area contributed by atoms with Crippen LogP contribution in [0.3, 0.4) is 0 Å². The first kappa shape index (κ1) is 12.9. The minimum Gasteiger partial charge on any atom is -0.396 e. The van der Waals surface area contributed by atoms with E-state index in [4.69, 9.17) is 15.3 Å². The maximum atomic E-state index is 8.78. The highest BCUT2D eigenvalue weighted by molar-refractivity contribution is 4.57. The fourth-order valence-electron chi connectivity index (χ4n) is 1.26. The summed E-state index contributed by atoms with van der Waals surface area (Å²) >= 11 is 0. The molecule has 1 unspecified atom stereocenters. The molecule has 1 atom stereocenters. The van der Waals surface area contributed by atoms with Gasteiger partial charge in [0, 0.05) is 25.7 Å². The van der Waals surface area contributed by atoms with Crippen LogP contribution in [0, 0.1) is 11.8 Å². The molecule has 3 nitrogen and oxygen atoms in total. The first-order valence-corrected chi connectivity index (χ1v) is 5.07. The Morgan fingerprint density at radius 2 is 1.38 bits per heavy atom. The fourth-order valence-corrected chi connectivity index (χ4v) is 1.26. The van der Waals surface area contributed by atoms with E-state index in [0.717, 1.165) is 25.7 Å². The molecule has 0 aliphatic carbocycles. The highest BCUT2D eigenvalue weighted by Gasteiger charge is 2.05. The van der Waals surface area contributed by atoms with Gasteiger partial charge >= 0.3 is 0 Å². The molecule has 0 aromatic heterocycles. The number of aliphatic hydroxyl groups excluding tert-OH is 3. The molecule has 0 rings (SSSR count). The van der Waals surface area contributed by atoms with E-state index in [2.05, 4.69) is 0 Å². The van der Waals surface area contributed by atoms with Crippen molar-refractivity contribution in [3.05, 3.63) is 0 Å². The second-order valence-corrected chi connectivity index (χ2v) is 3.80. The van der Waals surface area contributed by atoms with Crippen LogP contribution in [0.1, 0.15) is 32.6 Å². The van der Waals surface area contributed by atoms with E-state index in [9.17, 15) is 0 Å². The van der Waals surface area contributed by atoms with Crippen LogP contribution in [-0.4, -0.2) is 35.1 Å². The third-order valence-corrected chi connectivity index (χ3v) is 2.39. The Bertz CT molecular complexity index is 102. The highest BCUT2D eigenvalue weighted by atomic mass is 16.3. The SMILES string of the molecule is CC(CO)CCCCC(CO)CO. The van der Waals surface area contributed by atoms with Crippen LogP contribution in [-0.2, 0) is 0 Å². The molecule has 0 fully saturated rings. The molecular formula is C10H22O3. The molecule has 0 aromatic carbocycles. The highest BCUT2D eigenvalue weighted by Crippen LogP contribution is 2.12. The van der Waals surface area contributed by atoms with Gasteiger partial charge in [-0.1, -0.05) is 19.8 Å². The van der Waals surface area contributed by atoms with E-state index >= 15 is 0 Å². The molecule has 3 N–H and O–H groups in total. The summed E-state index contributed by atoms with van der Waals surface area (Å²) in [5, 5.41) is 26.3. The number of unbranched alkanes of at least 4 members (excludes halogenated alkanes) is 1.